The smallest absolute Gasteiger partial charge is 0.319 e. The normalized spacial score (nSPS) is 29.0. The van der Waals surface area contributed by atoms with E-state index >= 15 is 0 Å². The molecule has 7 nitrogen and oxygen atoms in total. The molecule has 26 heavy (non-hydrogen) atoms. The van der Waals surface area contributed by atoms with E-state index in [-0.39, 0.29) is 43.7 Å². The molecule has 0 spiro atoms. The molecular formula is C18H28ClN3O4. The van der Waals surface area contributed by atoms with Gasteiger partial charge in [0.2, 0.25) is 0 Å². The van der Waals surface area contributed by atoms with Gasteiger partial charge in [-0.25, -0.2) is 4.79 Å². The zero-order chi connectivity index (χ0) is 17.6. The molecule has 1 aromatic carbocycles. The summed E-state index contributed by atoms with van der Waals surface area (Å²) in [5, 5.41) is 25.5. The Bertz CT molecular complexity index is 557. The Morgan fingerprint density at radius 1 is 1.15 bits per heavy atom. The first kappa shape index (κ1) is 20.9. The summed E-state index contributed by atoms with van der Waals surface area (Å²) in [6.07, 6.45) is 1.71. The molecule has 0 aliphatic carbocycles. The van der Waals surface area contributed by atoms with Crippen LogP contribution in [-0.2, 0) is 4.74 Å². The highest BCUT2D eigenvalue weighted by molar-refractivity contribution is 5.89. The van der Waals surface area contributed by atoms with Crippen molar-refractivity contribution < 1.29 is 19.7 Å². The molecule has 3 rings (SSSR count). The van der Waals surface area contributed by atoms with Crippen LogP contribution < -0.4 is 10.6 Å². The fraction of sp³-hybridized carbons (Fsp3) is 0.611. The van der Waals surface area contributed by atoms with Crippen molar-refractivity contribution in [3.63, 3.8) is 0 Å². The van der Waals surface area contributed by atoms with Crippen LogP contribution in [0.5, 0.6) is 0 Å². The average molecular weight is 386 g/mol. The van der Waals surface area contributed by atoms with Crippen molar-refractivity contribution in [2.24, 2.45) is 0 Å². The van der Waals surface area contributed by atoms with Crippen LogP contribution in [-0.4, -0.2) is 71.7 Å². The van der Waals surface area contributed by atoms with Gasteiger partial charge in [-0.1, -0.05) is 24.6 Å². The number of likely N-dealkylation sites (tertiary alicyclic amines) is 1. The molecule has 0 aromatic heterocycles. The number of carbonyl (C=O) groups is 1. The number of nitrogens with zero attached hydrogens (tertiary/aromatic N) is 1. The molecule has 146 valence electrons. The number of aliphatic hydroxyl groups is 2. The number of urea groups is 1. The predicted molar refractivity (Wildman–Crippen MR) is 102 cm³/mol. The summed E-state index contributed by atoms with van der Waals surface area (Å²) in [5.41, 5.74) is 0.716. The predicted octanol–water partition coefficient (Wildman–Crippen LogP) is 1.20. The molecule has 4 N–H and O–H groups in total. The Morgan fingerprint density at radius 2 is 1.85 bits per heavy atom. The fourth-order valence-corrected chi connectivity index (χ4v) is 3.70. The van der Waals surface area contributed by atoms with Crippen molar-refractivity contribution in [3.05, 3.63) is 30.3 Å². The SMILES string of the molecule is Cl.O=C(NC[C@H]1O[C@@H](CO)[C@@H](O)[C@H]1N1CCCCC1)Nc1ccccc1. The second-order valence-corrected chi connectivity index (χ2v) is 6.67. The van der Waals surface area contributed by atoms with Gasteiger partial charge in [0.05, 0.1) is 18.8 Å². The molecule has 1 aromatic rings. The van der Waals surface area contributed by atoms with Gasteiger partial charge in [-0.3, -0.25) is 4.90 Å². The minimum absolute atomic E-state index is 0. The number of ether oxygens (including phenoxy) is 1. The highest BCUT2D eigenvalue weighted by Gasteiger charge is 2.46. The van der Waals surface area contributed by atoms with Crippen LogP contribution in [0.1, 0.15) is 19.3 Å². The Kier molecular flexibility index (Phi) is 8.12. The van der Waals surface area contributed by atoms with Gasteiger partial charge in [-0.2, -0.15) is 0 Å². The van der Waals surface area contributed by atoms with E-state index in [1.807, 2.05) is 30.3 Å². The van der Waals surface area contributed by atoms with Crippen molar-refractivity contribution in [1.82, 2.24) is 10.2 Å². The summed E-state index contributed by atoms with van der Waals surface area (Å²) in [4.78, 5) is 14.3. The van der Waals surface area contributed by atoms with Crippen LogP contribution in [0, 0.1) is 0 Å². The molecule has 8 heteroatoms. The topological polar surface area (TPSA) is 94.1 Å². The molecule has 0 saturated carbocycles. The van der Waals surface area contributed by atoms with E-state index in [1.54, 1.807) is 0 Å². The quantitative estimate of drug-likeness (QED) is 0.611. The zero-order valence-electron chi connectivity index (χ0n) is 14.7. The number of piperidine rings is 1. The lowest BCUT2D eigenvalue weighted by Crippen LogP contribution is -2.52. The number of amides is 2. The standard InChI is InChI=1S/C18H27N3O4.ClH/c22-12-15-17(23)16(21-9-5-2-6-10-21)14(25-15)11-19-18(24)20-13-7-3-1-4-8-13;/h1,3-4,7-8,14-17,22-23H,2,5-6,9-12H2,(H2,19,20,24);1H/t14-,15+,16+,17-;/m1./s1. The van der Waals surface area contributed by atoms with Gasteiger partial charge >= 0.3 is 6.03 Å². The van der Waals surface area contributed by atoms with Gasteiger partial charge in [0, 0.05) is 12.2 Å². The molecule has 0 unspecified atom stereocenters. The number of hydrogen-bond donors (Lipinski definition) is 4. The first-order chi connectivity index (χ1) is 12.2. The monoisotopic (exact) mass is 385 g/mol. The number of anilines is 1. The van der Waals surface area contributed by atoms with Gasteiger partial charge in [-0.15, -0.1) is 12.4 Å². The highest BCUT2D eigenvalue weighted by Crippen LogP contribution is 2.27. The molecule has 2 saturated heterocycles. The van der Waals surface area contributed by atoms with Gasteiger partial charge < -0.3 is 25.6 Å². The number of benzene rings is 1. The maximum Gasteiger partial charge on any atom is 0.319 e. The second-order valence-electron chi connectivity index (χ2n) is 6.67. The number of para-hydroxylation sites is 1. The number of carbonyl (C=O) groups excluding carboxylic acids is 1. The van der Waals surface area contributed by atoms with E-state index in [2.05, 4.69) is 15.5 Å². The van der Waals surface area contributed by atoms with Crippen molar-refractivity contribution in [2.75, 3.05) is 31.6 Å². The molecule has 4 atom stereocenters. The fourth-order valence-electron chi connectivity index (χ4n) is 3.70. The highest BCUT2D eigenvalue weighted by atomic mass is 35.5. The van der Waals surface area contributed by atoms with Gasteiger partial charge in [0.1, 0.15) is 12.2 Å². The molecule has 2 heterocycles. The molecule has 0 radical (unpaired) electrons. The van der Waals surface area contributed by atoms with E-state index in [1.165, 1.54) is 6.42 Å². The van der Waals surface area contributed by atoms with Crippen LogP contribution in [0.15, 0.2) is 30.3 Å². The van der Waals surface area contributed by atoms with Gasteiger partial charge in [0.15, 0.2) is 0 Å². The number of halogens is 1. The third-order valence-electron chi connectivity index (χ3n) is 4.95. The van der Waals surface area contributed by atoms with Crippen molar-refractivity contribution in [2.45, 2.75) is 43.6 Å². The van der Waals surface area contributed by atoms with Crippen LogP contribution in [0.2, 0.25) is 0 Å². The first-order valence-electron chi connectivity index (χ1n) is 8.97. The molecule has 2 amide bonds. The van der Waals surface area contributed by atoms with E-state index in [9.17, 15) is 15.0 Å². The van der Waals surface area contributed by atoms with Crippen LogP contribution in [0.4, 0.5) is 10.5 Å². The molecular weight excluding hydrogens is 358 g/mol. The van der Waals surface area contributed by atoms with Crippen molar-refractivity contribution in [3.8, 4) is 0 Å². The third-order valence-corrected chi connectivity index (χ3v) is 4.95. The second kappa shape index (κ2) is 10.1. The van der Waals surface area contributed by atoms with E-state index in [0.717, 1.165) is 25.9 Å². The van der Waals surface area contributed by atoms with E-state index in [0.29, 0.717) is 5.69 Å². The summed E-state index contributed by atoms with van der Waals surface area (Å²) in [6.45, 7) is 1.89. The van der Waals surface area contributed by atoms with E-state index in [4.69, 9.17) is 4.74 Å². The number of hydrogen-bond acceptors (Lipinski definition) is 5. The van der Waals surface area contributed by atoms with Crippen LogP contribution in [0.25, 0.3) is 0 Å². The summed E-state index contributed by atoms with van der Waals surface area (Å²) < 4.78 is 5.81. The van der Waals surface area contributed by atoms with Crippen LogP contribution >= 0.6 is 12.4 Å². The number of rotatable bonds is 5. The lowest BCUT2D eigenvalue weighted by atomic mass is 9.99. The lowest BCUT2D eigenvalue weighted by Gasteiger charge is -2.36. The summed E-state index contributed by atoms with van der Waals surface area (Å²) in [6, 6.07) is 8.70. The minimum Gasteiger partial charge on any atom is -0.394 e. The van der Waals surface area contributed by atoms with Crippen LogP contribution in [0.3, 0.4) is 0 Å². The maximum absolute atomic E-state index is 12.1. The Labute approximate surface area is 160 Å². The Hall–Kier alpha value is -1.38. The first-order valence-corrected chi connectivity index (χ1v) is 8.97. The Balaban J connectivity index is 0.00000243. The van der Waals surface area contributed by atoms with Gasteiger partial charge in [0.25, 0.3) is 0 Å². The summed E-state index contributed by atoms with van der Waals surface area (Å²) >= 11 is 0. The Morgan fingerprint density at radius 3 is 2.50 bits per heavy atom. The maximum atomic E-state index is 12.1. The number of aliphatic hydroxyl groups excluding tert-OH is 2. The molecule has 2 aliphatic rings. The largest absolute Gasteiger partial charge is 0.394 e. The molecule has 2 fully saturated rings. The average Bonchev–Trinajstić information content (AvgIpc) is 2.97. The van der Waals surface area contributed by atoms with Gasteiger partial charge in [-0.05, 0) is 38.1 Å². The summed E-state index contributed by atoms with van der Waals surface area (Å²) in [5.74, 6) is 0. The van der Waals surface area contributed by atoms with Crippen molar-refractivity contribution >= 4 is 24.1 Å². The van der Waals surface area contributed by atoms with E-state index < -0.39 is 12.2 Å². The lowest BCUT2D eigenvalue weighted by molar-refractivity contribution is -0.0205. The molecule has 0 bridgehead atoms. The van der Waals surface area contributed by atoms with Crippen molar-refractivity contribution in [1.29, 1.82) is 0 Å². The third kappa shape index (κ3) is 5.08. The summed E-state index contributed by atoms with van der Waals surface area (Å²) in [7, 11) is 0. The minimum atomic E-state index is -0.743. The number of nitrogens with one attached hydrogen (secondary N) is 2. The molecule has 2 aliphatic heterocycles. The zero-order valence-corrected chi connectivity index (χ0v) is 15.5.